The number of anilines is 1. The summed E-state index contributed by atoms with van der Waals surface area (Å²) in [6.07, 6.45) is 0. The van der Waals surface area contributed by atoms with Crippen LogP contribution in [0.15, 0.2) is 12.1 Å². The topological polar surface area (TPSA) is 70.8 Å². The average molecular weight is 239 g/mol. The maximum Gasteiger partial charge on any atom is 0.342 e. The second-order valence-corrected chi connectivity index (χ2v) is 3.22. The molecule has 1 rings (SSSR count). The number of esters is 1. The summed E-state index contributed by atoms with van der Waals surface area (Å²) in [6.45, 7) is 4.27. The van der Waals surface area contributed by atoms with Crippen molar-refractivity contribution in [3.05, 3.63) is 17.7 Å². The van der Waals surface area contributed by atoms with Gasteiger partial charge < -0.3 is 19.9 Å². The first-order chi connectivity index (χ1) is 8.15. The van der Waals surface area contributed by atoms with Crippen LogP contribution in [0.3, 0.4) is 0 Å². The monoisotopic (exact) mass is 239 g/mol. The zero-order valence-corrected chi connectivity index (χ0v) is 10.3. The molecule has 1 aromatic carbocycles. The standard InChI is InChI=1S/C12H17NO4/c1-4-16-10-8(12(14)17-5-2)6-7-9(13)11(10)15-3/h6-7H,4-5,13H2,1-3H3. The van der Waals surface area contributed by atoms with E-state index in [2.05, 4.69) is 0 Å². The maximum atomic E-state index is 11.7. The Balaban J connectivity index is 3.24. The minimum atomic E-state index is -0.450. The number of ether oxygens (including phenoxy) is 3. The molecule has 0 aromatic heterocycles. The molecule has 0 saturated carbocycles. The third-order valence-corrected chi connectivity index (χ3v) is 2.13. The Kier molecular flexibility index (Phi) is 4.63. The normalized spacial score (nSPS) is 9.82. The summed E-state index contributed by atoms with van der Waals surface area (Å²) in [7, 11) is 1.48. The summed E-state index contributed by atoms with van der Waals surface area (Å²) in [4.78, 5) is 11.7. The minimum absolute atomic E-state index is 0.303. The molecule has 0 aliphatic heterocycles. The number of nitrogens with two attached hydrogens (primary N) is 1. The van der Waals surface area contributed by atoms with E-state index in [9.17, 15) is 4.79 Å². The highest BCUT2D eigenvalue weighted by Gasteiger charge is 2.20. The van der Waals surface area contributed by atoms with Crippen LogP contribution in [-0.2, 0) is 4.74 Å². The SMILES string of the molecule is CCOC(=O)c1ccc(N)c(OC)c1OCC. The molecule has 0 fully saturated rings. The van der Waals surface area contributed by atoms with Gasteiger partial charge in [0.25, 0.3) is 0 Å². The number of nitrogen functional groups attached to an aromatic ring is 1. The van der Waals surface area contributed by atoms with Crippen LogP contribution in [0.2, 0.25) is 0 Å². The van der Waals surface area contributed by atoms with Crippen LogP contribution in [-0.4, -0.2) is 26.3 Å². The van der Waals surface area contributed by atoms with Gasteiger partial charge in [0.2, 0.25) is 0 Å². The predicted molar refractivity (Wildman–Crippen MR) is 64.5 cm³/mol. The molecule has 94 valence electrons. The van der Waals surface area contributed by atoms with E-state index in [4.69, 9.17) is 19.9 Å². The van der Waals surface area contributed by atoms with Crippen molar-refractivity contribution in [2.45, 2.75) is 13.8 Å². The third kappa shape index (κ3) is 2.81. The predicted octanol–water partition coefficient (Wildman–Crippen LogP) is 1.85. The molecule has 0 bridgehead atoms. The van der Waals surface area contributed by atoms with Crippen LogP contribution >= 0.6 is 0 Å². The molecule has 0 spiro atoms. The first-order valence-corrected chi connectivity index (χ1v) is 5.42. The zero-order chi connectivity index (χ0) is 12.8. The summed E-state index contributed by atoms with van der Waals surface area (Å²) in [5.41, 5.74) is 6.49. The molecule has 0 radical (unpaired) electrons. The third-order valence-electron chi connectivity index (χ3n) is 2.13. The van der Waals surface area contributed by atoms with Crippen molar-refractivity contribution < 1.29 is 19.0 Å². The largest absolute Gasteiger partial charge is 0.491 e. The second-order valence-electron chi connectivity index (χ2n) is 3.22. The molecule has 1 aromatic rings. The van der Waals surface area contributed by atoms with Crippen molar-refractivity contribution >= 4 is 11.7 Å². The Morgan fingerprint density at radius 2 is 1.94 bits per heavy atom. The molecule has 0 saturated heterocycles. The van der Waals surface area contributed by atoms with Crippen molar-refractivity contribution in [3.63, 3.8) is 0 Å². The number of benzene rings is 1. The Hall–Kier alpha value is -1.91. The van der Waals surface area contributed by atoms with Gasteiger partial charge >= 0.3 is 5.97 Å². The average Bonchev–Trinajstić information content (AvgIpc) is 2.30. The number of carbonyl (C=O) groups excluding carboxylic acids is 1. The van der Waals surface area contributed by atoms with Gasteiger partial charge in [-0.1, -0.05) is 0 Å². The Morgan fingerprint density at radius 3 is 2.47 bits per heavy atom. The van der Waals surface area contributed by atoms with Crippen LogP contribution in [0.1, 0.15) is 24.2 Å². The van der Waals surface area contributed by atoms with Gasteiger partial charge in [0.1, 0.15) is 5.56 Å². The van der Waals surface area contributed by atoms with Crippen LogP contribution in [0.25, 0.3) is 0 Å². The molecule has 0 amide bonds. The van der Waals surface area contributed by atoms with Crippen molar-refractivity contribution in [1.29, 1.82) is 0 Å². The first kappa shape index (κ1) is 13.2. The summed E-state index contributed by atoms with van der Waals surface area (Å²) in [5.74, 6) is 0.236. The van der Waals surface area contributed by atoms with Crippen LogP contribution in [0, 0.1) is 0 Å². The fourth-order valence-corrected chi connectivity index (χ4v) is 1.45. The molecule has 0 heterocycles. The summed E-state index contributed by atoms with van der Waals surface area (Å²) in [5, 5.41) is 0. The van der Waals surface area contributed by atoms with E-state index in [1.165, 1.54) is 7.11 Å². The van der Waals surface area contributed by atoms with Gasteiger partial charge in [-0.15, -0.1) is 0 Å². The molecule has 0 aliphatic carbocycles. The van der Waals surface area contributed by atoms with E-state index < -0.39 is 5.97 Å². The minimum Gasteiger partial charge on any atom is -0.491 e. The molecule has 2 N–H and O–H groups in total. The first-order valence-electron chi connectivity index (χ1n) is 5.42. The Labute approximate surface area is 100 Å². The van der Waals surface area contributed by atoms with Crippen LogP contribution < -0.4 is 15.2 Å². The van der Waals surface area contributed by atoms with Gasteiger partial charge in [0, 0.05) is 0 Å². The summed E-state index contributed by atoms with van der Waals surface area (Å²) >= 11 is 0. The van der Waals surface area contributed by atoms with Crippen LogP contribution in [0.4, 0.5) is 5.69 Å². The van der Waals surface area contributed by atoms with Crippen molar-refractivity contribution in [1.82, 2.24) is 0 Å². The fourth-order valence-electron chi connectivity index (χ4n) is 1.45. The van der Waals surface area contributed by atoms with E-state index in [-0.39, 0.29) is 0 Å². The highest BCUT2D eigenvalue weighted by atomic mass is 16.5. The van der Waals surface area contributed by atoms with E-state index in [1.807, 2.05) is 6.92 Å². The molecule has 0 aliphatic rings. The Morgan fingerprint density at radius 1 is 1.24 bits per heavy atom. The molecular formula is C12H17NO4. The van der Waals surface area contributed by atoms with Crippen molar-refractivity contribution in [2.75, 3.05) is 26.1 Å². The summed E-state index contributed by atoms with van der Waals surface area (Å²) in [6, 6.07) is 3.16. The highest BCUT2D eigenvalue weighted by Crippen LogP contribution is 2.37. The second kappa shape index (κ2) is 5.98. The molecule has 0 atom stereocenters. The van der Waals surface area contributed by atoms with Gasteiger partial charge in [-0.3, -0.25) is 0 Å². The molecule has 5 heteroatoms. The lowest BCUT2D eigenvalue weighted by atomic mass is 10.1. The van der Waals surface area contributed by atoms with Gasteiger partial charge in [0.05, 0.1) is 26.0 Å². The lowest BCUT2D eigenvalue weighted by Gasteiger charge is -2.14. The smallest absolute Gasteiger partial charge is 0.342 e. The van der Waals surface area contributed by atoms with Crippen molar-refractivity contribution in [3.8, 4) is 11.5 Å². The van der Waals surface area contributed by atoms with Gasteiger partial charge in [0.15, 0.2) is 11.5 Å². The lowest BCUT2D eigenvalue weighted by Crippen LogP contribution is -2.10. The maximum absolute atomic E-state index is 11.7. The highest BCUT2D eigenvalue weighted by molar-refractivity contribution is 5.94. The number of hydrogen-bond donors (Lipinski definition) is 1. The Bertz CT molecular complexity index is 404. The molecular weight excluding hydrogens is 222 g/mol. The van der Waals surface area contributed by atoms with E-state index in [0.717, 1.165) is 0 Å². The van der Waals surface area contributed by atoms with Gasteiger partial charge in [-0.05, 0) is 26.0 Å². The molecule has 17 heavy (non-hydrogen) atoms. The van der Waals surface area contributed by atoms with E-state index in [1.54, 1.807) is 19.1 Å². The molecule has 0 unspecified atom stereocenters. The number of rotatable bonds is 5. The molecule has 5 nitrogen and oxygen atoms in total. The van der Waals surface area contributed by atoms with Gasteiger partial charge in [-0.2, -0.15) is 0 Å². The van der Waals surface area contributed by atoms with Gasteiger partial charge in [-0.25, -0.2) is 4.79 Å². The quantitative estimate of drug-likeness (QED) is 0.627. The van der Waals surface area contributed by atoms with Crippen molar-refractivity contribution in [2.24, 2.45) is 0 Å². The fraction of sp³-hybridized carbons (Fsp3) is 0.417. The lowest BCUT2D eigenvalue weighted by molar-refractivity contribution is 0.0521. The van der Waals surface area contributed by atoms with Crippen LogP contribution in [0.5, 0.6) is 11.5 Å². The zero-order valence-electron chi connectivity index (χ0n) is 10.3. The number of carbonyl (C=O) groups is 1. The van der Waals surface area contributed by atoms with E-state index in [0.29, 0.717) is 36.0 Å². The summed E-state index contributed by atoms with van der Waals surface area (Å²) < 4.78 is 15.5. The van der Waals surface area contributed by atoms with E-state index >= 15 is 0 Å². The number of hydrogen-bond acceptors (Lipinski definition) is 5. The number of methoxy groups -OCH3 is 1.